The summed E-state index contributed by atoms with van der Waals surface area (Å²) in [6, 6.07) is 7.55. The van der Waals surface area contributed by atoms with Crippen LogP contribution in [0.3, 0.4) is 0 Å². The molecular formula is C17H22N2O4. The van der Waals surface area contributed by atoms with Crippen LogP contribution < -0.4 is 10.2 Å². The smallest absolute Gasteiger partial charge is 0.414 e. The van der Waals surface area contributed by atoms with Gasteiger partial charge in [-0.15, -0.1) is 0 Å². The van der Waals surface area contributed by atoms with Crippen LogP contribution >= 0.6 is 0 Å². The predicted molar refractivity (Wildman–Crippen MR) is 85.2 cm³/mol. The van der Waals surface area contributed by atoms with Crippen molar-refractivity contribution in [3.8, 4) is 0 Å². The molecular weight excluding hydrogens is 296 g/mol. The first-order valence-electron chi connectivity index (χ1n) is 8.14. The van der Waals surface area contributed by atoms with E-state index in [9.17, 15) is 9.59 Å². The Kier molecular flexibility index (Phi) is 5.12. The molecule has 1 aliphatic carbocycles. The van der Waals surface area contributed by atoms with Crippen LogP contribution in [0.15, 0.2) is 24.3 Å². The van der Waals surface area contributed by atoms with Crippen LogP contribution in [0.5, 0.6) is 0 Å². The van der Waals surface area contributed by atoms with Crippen molar-refractivity contribution in [2.24, 2.45) is 0 Å². The van der Waals surface area contributed by atoms with Crippen molar-refractivity contribution in [2.75, 3.05) is 24.7 Å². The van der Waals surface area contributed by atoms with Crippen LogP contribution in [-0.4, -0.2) is 37.9 Å². The van der Waals surface area contributed by atoms with E-state index in [1.807, 2.05) is 24.3 Å². The zero-order chi connectivity index (χ0) is 16.1. The standard InChI is InChI=1S/C17H22N2O4/c20-16(12-23-15-6-1-2-7-15)18-11-13-4-3-5-14(10-13)19-8-9-22-17(19)21/h3-5,10,15H,1-2,6-9,11-12H2,(H,18,20). The van der Waals surface area contributed by atoms with E-state index >= 15 is 0 Å². The Morgan fingerprint density at radius 2 is 2.17 bits per heavy atom. The number of cyclic esters (lactones) is 1. The predicted octanol–water partition coefficient (Wildman–Crippen LogP) is 2.22. The number of benzene rings is 1. The van der Waals surface area contributed by atoms with Crippen molar-refractivity contribution >= 4 is 17.7 Å². The number of hydrogen-bond acceptors (Lipinski definition) is 4. The van der Waals surface area contributed by atoms with Crippen molar-refractivity contribution in [3.63, 3.8) is 0 Å². The van der Waals surface area contributed by atoms with E-state index in [0.717, 1.165) is 24.1 Å². The summed E-state index contributed by atoms with van der Waals surface area (Å²) in [5.74, 6) is -0.108. The first kappa shape index (κ1) is 15.8. The quantitative estimate of drug-likeness (QED) is 0.873. The Morgan fingerprint density at radius 1 is 1.35 bits per heavy atom. The van der Waals surface area contributed by atoms with Gasteiger partial charge >= 0.3 is 6.09 Å². The molecule has 6 nitrogen and oxygen atoms in total. The Morgan fingerprint density at radius 3 is 2.91 bits per heavy atom. The zero-order valence-electron chi connectivity index (χ0n) is 13.1. The Bertz CT molecular complexity index is 569. The number of carbonyl (C=O) groups is 2. The van der Waals surface area contributed by atoms with Crippen molar-refractivity contribution in [2.45, 2.75) is 38.3 Å². The van der Waals surface area contributed by atoms with Crippen molar-refractivity contribution in [3.05, 3.63) is 29.8 Å². The second kappa shape index (κ2) is 7.46. The molecule has 3 rings (SSSR count). The maximum atomic E-state index is 11.8. The fraction of sp³-hybridized carbons (Fsp3) is 0.529. The van der Waals surface area contributed by atoms with Crippen LogP contribution in [0.25, 0.3) is 0 Å². The van der Waals surface area contributed by atoms with Crippen LogP contribution in [-0.2, 0) is 20.8 Å². The van der Waals surface area contributed by atoms with Gasteiger partial charge in [-0.25, -0.2) is 4.79 Å². The van der Waals surface area contributed by atoms with E-state index in [2.05, 4.69) is 5.32 Å². The first-order valence-corrected chi connectivity index (χ1v) is 8.14. The molecule has 0 atom stereocenters. The number of ether oxygens (including phenoxy) is 2. The Hall–Kier alpha value is -2.08. The van der Waals surface area contributed by atoms with Gasteiger partial charge < -0.3 is 14.8 Å². The molecule has 1 N–H and O–H groups in total. The molecule has 0 aromatic heterocycles. The summed E-state index contributed by atoms with van der Waals surface area (Å²) >= 11 is 0. The molecule has 1 heterocycles. The van der Waals surface area contributed by atoms with Crippen LogP contribution in [0.2, 0.25) is 0 Å². The van der Waals surface area contributed by atoms with Gasteiger partial charge in [-0.3, -0.25) is 9.69 Å². The summed E-state index contributed by atoms with van der Waals surface area (Å²) in [6.07, 6.45) is 4.42. The number of anilines is 1. The third-order valence-electron chi connectivity index (χ3n) is 4.23. The van der Waals surface area contributed by atoms with Gasteiger partial charge in [0.2, 0.25) is 5.91 Å². The minimum Gasteiger partial charge on any atom is -0.447 e. The van der Waals surface area contributed by atoms with E-state index < -0.39 is 0 Å². The van der Waals surface area contributed by atoms with E-state index in [4.69, 9.17) is 9.47 Å². The highest BCUT2D eigenvalue weighted by molar-refractivity contribution is 5.89. The normalized spacial score (nSPS) is 18.3. The average molecular weight is 318 g/mol. The minimum atomic E-state index is -0.323. The molecule has 1 aromatic carbocycles. The number of nitrogens with zero attached hydrogens (tertiary/aromatic N) is 1. The molecule has 1 aromatic rings. The summed E-state index contributed by atoms with van der Waals surface area (Å²) in [5, 5.41) is 2.85. The zero-order valence-corrected chi connectivity index (χ0v) is 13.1. The fourth-order valence-corrected chi connectivity index (χ4v) is 2.96. The highest BCUT2D eigenvalue weighted by Gasteiger charge is 2.23. The van der Waals surface area contributed by atoms with Crippen LogP contribution in [0, 0.1) is 0 Å². The van der Waals surface area contributed by atoms with E-state index in [1.165, 1.54) is 12.8 Å². The molecule has 0 radical (unpaired) electrons. The Balaban J connectivity index is 1.47. The summed E-state index contributed by atoms with van der Waals surface area (Å²) in [7, 11) is 0. The molecule has 6 heteroatoms. The first-order chi connectivity index (χ1) is 11.2. The largest absolute Gasteiger partial charge is 0.447 e. The lowest BCUT2D eigenvalue weighted by molar-refractivity contribution is -0.127. The molecule has 124 valence electrons. The van der Waals surface area contributed by atoms with Gasteiger partial charge in [-0.05, 0) is 30.5 Å². The number of rotatable bonds is 6. The lowest BCUT2D eigenvalue weighted by Gasteiger charge is -2.14. The molecule has 1 saturated heterocycles. The molecule has 0 spiro atoms. The lowest BCUT2D eigenvalue weighted by atomic mass is 10.2. The van der Waals surface area contributed by atoms with Gasteiger partial charge in [0.05, 0.1) is 12.6 Å². The molecule has 2 aliphatic rings. The SMILES string of the molecule is O=C(COC1CCCC1)NCc1cccc(N2CCOC2=O)c1. The second-order valence-electron chi connectivity index (χ2n) is 5.93. The molecule has 23 heavy (non-hydrogen) atoms. The van der Waals surface area contributed by atoms with E-state index in [-0.39, 0.29) is 24.7 Å². The number of nitrogens with one attached hydrogen (secondary N) is 1. The third-order valence-corrected chi connectivity index (χ3v) is 4.23. The second-order valence-corrected chi connectivity index (χ2v) is 5.93. The number of amides is 2. The highest BCUT2D eigenvalue weighted by atomic mass is 16.6. The molecule has 1 saturated carbocycles. The summed E-state index contributed by atoms with van der Waals surface area (Å²) in [4.78, 5) is 25.0. The van der Waals surface area contributed by atoms with Crippen LogP contribution in [0.1, 0.15) is 31.2 Å². The summed E-state index contributed by atoms with van der Waals surface area (Å²) in [5.41, 5.74) is 1.73. The fourth-order valence-electron chi connectivity index (χ4n) is 2.96. The molecule has 0 unspecified atom stereocenters. The van der Waals surface area contributed by atoms with E-state index in [0.29, 0.717) is 19.7 Å². The minimum absolute atomic E-state index is 0.108. The summed E-state index contributed by atoms with van der Waals surface area (Å²) < 4.78 is 10.5. The molecule has 2 amide bonds. The van der Waals surface area contributed by atoms with Crippen molar-refractivity contribution < 1.29 is 19.1 Å². The average Bonchev–Trinajstić information content (AvgIpc) is 3.22. The highest BCUT2D eigenvalue weighted by Crippen LogP contribution is 2.21. The topological polar surface area (TPSA) is 67.9 Å². The lowest BCUT2D eigenvalue weighted by Crippen LogP contribution is -2.29. The van der Waals surface area contributed by atoms with Gasteiger partial charge in [0.1, 0.15) is 13.2 Å². The Labute approximate surface area is 135 Å². The molecule has 2 fully saturated rings. The number of hydrogen-bond donors (Lipinski definition) is 1. The monoisotopic (exact) mass is 318 g/mol. The van der Waals surface area contributed by atoms with Gasteiger partial charge in [0.15, 0.2) is 0 Å². The van der Waals surface area contributed by atoms with Gasteiger partial charge in [-0.1, -0.05) is 25.0 Å². The number of carbonyl (C=O) groups excluding carboxylic acids is 2. The van der Waals surface area contributed by atoms with Crippen LogP contribution in [0.4, 0.5) is 10.5 Å². The van der Waals surface area contributed by atoms with Gasteiger partial charge in [0, 0.05) is 12.2 Å². The third kappa shape index (κ3) is 4.22. The maximum Gasteiger partial charge on any atom is 0.414 e. The maximum absolute atomic E-state index is 11.8. The summed E-state index contributed by atoms with van der Waals surface area (Å²) in [6.45, 7) is 1.51. The van der Waals surface area contributed by atoms with Gasteiger partial charge in [0.25, 0.3) is 0 Å². The van der Waals surface area contributed by atoms with Crippen molar-refractivity contribution in [1.29, 1.82) is 0 Å². The van der Waals surface area contributed by atoms with Gasteiger partial charge in [-0.2, -0.15) is 0 Å². The molecule has 0 bridgehead atoms. The van der Waals surface area contributed by atoms with E-state index in [1.54, 1.807) is 4.90 Å². The molecule has 1 aliphatic heterocycles. The van der Waals surface area contributed by atoms with Crippen molar-refractivity contribution in [1.82, 2.24) is 5.32 Å².